The van der Waals surface area contributed by atoms with E-state index in [0.717, 1.165) is 51.6 Å². The summed E-state index contributed by atoms with van der Waals surface area (Å²) in [6.45, 7) is 7.46. The van der Waals surface area contributed by atoms with Crippen molar-refractivity contribution in [3.8, 4) is 5.75 Å². The van der Waals surface area contributed by atoms with Crippen LogP contribution in [0.25, 0.3) is 0 Å². The average Bonchev–Trinajstić information content (AvgIpc) is 2.63. The maximum atomic E-state index is 6.20. The van der Waals surface area contributed by atoms with Crippen LogP contribution in [0.4, 0.5) is 5.69 Å². The van der Waals surface area contributed by atoms with E-state index in [1.165, 1.54) is 18.5 Å². The topological polar surface area (TPSA) is 45.0 Å². The predicted octanol–water partition coefficient (Wildman–Crippen LogP) is 1.24. The molecule has 0 radical (unpaired) electrons. The van der Waals surface area contributed by atoms with Crippen molar-refractivity contribution in [2.75, 3.05) is 64.9 Å². The molecule has 5 heteroatoms. The van der Waals surface area contributed by atoms with Crippen LogP contribution in [-0.2, 0) is 0 Å². The van der Waals surface area contributed by atoms with Crippen molar-refractivity contribution >= 4 is 5.69 Å². The van der Waals surface area contributed by atoms with Gasteiger partial charge in [-0.15, -0.1) is 0 Å². The Balaban J connectivity index is 1.60. The first-order chi connectivity index (χ1) is 11.2. The van der Waals surface area contributed by atoms with Gasteiger partial charge in [-0.3, -0.25) is 4.90 Å². The first-order valence-electron chi connectivity index (χ1n) is 8.69. The quantitative estimate of drug-likeness (QED) is 0.905. The van der Waals surface area contributed by atoms with Crippen molar-refractivity contribution in [1.82, 2.24) is 9.80 Å². The minimum atomic E-state index is 0.221. The number of methoxy groups -OCH3 is 1. The molecule has 2 aliphatic rings. The number of nitrogens with two attached hydrogens (primary N) is 1. The Labute approximate surface area is 140 Å². The molecule has 2 aliphatic heterocycles. The van der Waals surface area contributed by atoms with Gasteiger partial charge >= 0.3 is 0 Å². The molecule has 5 nitrogen and oxygen atoms in total. The van der Waals surface area contributed by atoms with Gasteiger partial charge in [0.05, 0.1) is 7.11 Å². The molecule has 2 saturated heterocycles. The van der Waals surface area contributed by atoms with Crippen LogP contribution in [-0.4, -0.2) is 75.3 Å². The fourth-order valence-electron chi connectivity index (χ4n) is 3.92. The van der Waals surface area contributed by atoms with Gasteiger partial charge in [-0.2, -0.15) is 0 Å². The first kappa shape index (κ1) is 16.6. The van der Waals surface area contributed by atoms with E-state index in [0.29, 0.717) is 0 Å². The van der Waals surface area contributed by atoms with Gasteiger partial charge in [-0.05, 0) is 57.2 Å². The van der Waals surface area contributed by atoms with E-state index in [2.05, 4.69) is 33.9 Å². The molecule has 0 spiro atoms. The maximum absolute atomic E-state index is 6.20. The summed E-state index contributed by atoms with van der Waals surface area (Å²) >= 11 is 0. The number of benzene rings is 1. The number of nitrogens with zero attached hydrogens (tertiary/aromatic N) is 3. The second-order valence-corrected chi connectivity index (χ2v) is 6.90. The van der Waals surface area contributed by atoms with Gasteiger partial charge in [0.2, 0.25) is 0 Å². The monoisotopic (exact) mass is 318 g/mol. The van der Waals surface area contributed by atoms with Gasteiger partial charge in [-0.25, -0.2) is 0 Å². The van der Waals surface area contributed by atoms with Gasteiger partial charge < -0.3 is 20.3 Å². The highest BCUT2D eigenvalue weighted by atomic mass is 16.5. The standard InChI is InChI=1S/C18H30N4O/c1-20-9-7-18(15-19,8-10-20)22-13-11-21(12-14-22)16-3-5-17(23-2)6-4-16/h3-6H,7-15,19H2,1-2H3. The summed E-state index contributed by atoms with van der Waals surface area (Å²) in [5, 5.41) is 0. The van der Waals surface area contributed by atoms with Crippen LogP contribution >= 0.6 is 0 Å². The van der Waals surface area contributed by atoms with E-state index in [9.17, 15) is 0 Å². The Morgan fingerprint density at radius 1 is 1.00 bits per heavy atom. The van der Waals surface area contributed by atoms with Crippen LogP contribution < -0.4 is 15.4 Å². The molecule has 1 aromatic rings. The highest BCUT2D eigenvalue weighted by molar-refractivity contribution is 5.49. The number of anilines is 1. The third-order valence-electron chi connectivity index (χ3n) is 5.69. The zero-order chi connectivity index (χ0) is 16.3. The van der Waals surface area contributed by atoms with Crippen molar-refractivity contribution in [3.63, 3.8) is 0 Å². The lowest BCUT2D eigenvalue weighted by Crippen LogP contribution is -2.63. The largest absolute Gasteiger partial charge is 0.497 e. The molecule has 0 amide bonds. The number of likely N-dealkylation sites (tertiary alicyclic amines) is 1. The Hall–Kier alpha value is -1.30. The van der Waals surface area contributed by atoms with Crippen LogP contribution in [0.3, 0.4) is 0 Å². The summed E-state index contributed by atoms with van der Waals surface area (Å²) in [7, 11) is 3.92. The Morgan fingerprint density at radius 3 is 2.13 bits per heavy atom. The highest BCUT2D eigenvalue weighted by Crippen LogP contribution is 2.30. The van der Waals surface area contributed by atoms with E-state index >= 15 is 0 Å². The van der Waals surface area contributed by atoms with Crippen molar-refractivity contribution in [1.29, 1.82) is 0 Å². The van der Waals surface area contributed by atoms with Gasteiger partial charge in [-0.1, -0.05) is 0 Å². The number of ether oxygens (including phenoxy) is 1. The van der Waals surface area contributed by atoms with Crippen LogP contribution in [0.15, 0.2) is 24.3 Å². The van der Waals surface area contributed by atoms with Crippen LogP contribution in [0.1, 0.15) is 12.8 Å². The van der Waals surface area contributed by atoms with Crippen molar-refractivity contribution in [2.24, 2.45) is 5.73 Å². The number of piperazine rings is 1. The molecule has 23 heavy (non-hydrogen) atoms. The lowest BCUT2D eigenvalue weighted by atomic mass is 9.85. The third kappa shape index (κ3) is 3.47. The SMILES string of the molecule is COc1ccc(N2CCN(C3(CN)CCN(C)CC3)CC2)cc1. The second-order valence-electron chi connectivity index (χ2n) is 6.90. The molecule has 2 heterocycles. The van der Waals surface area contributed by atoms with E-state index in [1.807, 2.05) is 12.1 Å². The van der Waals surface area contributed by atoms with Gasteiger partial charge in [0.15, 0.2) is 0 Å². The summed E-state index contributed by atoms with van der Waals surface area (Å²) in [6.07, 6.45) is 2.39. The van der Waals surface area contributed by atoms with Gasteiger partial charge in [0, 0.05) is 44.0 Å². The Morgan fingerprint density at radius 2 is 1.61 bits per heavy atom. The lowest BCUT2D eigenvalue weighted by Gasteiger charge is -2.51. The van der Waals surface area contributed by atoms with E-state index in [4.69, 9.17) is 10.5 Å². The summed E-state index contributed by atoms with van der Waals surface area (Å²) in [5.74, 6) is 0.917. The van der Waals surface area contributed by atoms with Crippen LogP contribution in [0, 0.1) is 0 Å². The molecule has 1 aromatic carbocycles. The van der Waals surface area contributed by atoms with Crippen molar-refractivity contribution < 1.29 is 4.74 Å². The first-order valence-corrected chi connectivity index (χ1v) is 8.69. The normalized spacial score (nSPS) is 23.0. The molecular formula is C18H30N4O. The highest BCUT2D eigenvalue weighted by Gasteiger charge is 2.39. The number of hydrogen-bond donors (Lipinski definition) is 1. The van der Waals surface area contributed by atoms with E-state index in [-0.39, 0.29) is 5.54 Å². The fourth-order valence-corrected chi connectivity index (χ4v) is 3.92. The Kier molecular flexibility index (Phi) is 5.09. The molecule has 0 unspecified atom stereocenters. The van der Waals surface area contributed by atoms with Gasteiger partial charge in [0.25, 0.3) is 0 Å². The molecule has 0 aliphatic carbocycles. The summed E-state index contributed by atoms with van der Waals surface area (Å²) < 4.78 is 5.24. The van der Waals surface area contributed by atoms with Gasteiger partial charge in [0.1, 0.15) is 5.75 Å². The lowest BCUT2D eigenvalue weighted by molar-refractivity contribution is 0.0297. The average molecular weight is 318 g/mol. The minimum Gasteiger partial charge on any atom is -0.497 e. The number of rotatable bonds is 4. The fraction of sp³-hybridized carbons (Fsp3) is 0.667. The summed E-state index contributed by atoms with van der Waals surface area (Å²) in [5.41, 5.74) is 7.71. The molecule has 128 valence electrons. The van der Waals surface area contributed by atoms with Crippen LogP contribution in [0.2, 0.25) is 0 Å². The van der Waals surface area contributed by atoms with E-state index in [1.54, 1.807) is 7.11 Å². The summed E-state index contributed by atoms with van der Waals surface area (Å²) in [4.78, 5) is 7.54. The van der Waals surface area contributed by atoms with Crippen molar-refractivity contribution in [3.05, 3.63) is 24.3 Å². The molecule has 0 saturated carbocycles. The predicted molar refractivity (Wildman–Crippen MR) is 95.3 cm³/mol. The van der Waals surface area contributed by atoms with Crippen molar-refractivity contribution in [2.45, 2.75) is 18.4 Å². The second kappa shape index (κ2) is 7.07. The maximum Gasteiger partial charge on any atom is 0.119 e. The molecule has 3 rings (SSSR count). The van der Waals surface area contributed by atoms with Crippen LogP contribution in [0.5, 0.6) is 5.75 Å². The zero-order valence-corrected chi connectivity index (χ0v) is 14.5. The number of hydrogen-bond acceptors (Lipinski definition) is 5. The Bertz CT molecular complexity index is 488. The smallest absolute Gasteiger partial charge is 0.119 e. The summed E-state index contributed by atoms with van der Waals surface area (Å²) in [6, 6.07) is 8.39. The number of piperidine rings is 1. The molecule has 2 N–H and O–H groups in total. The molecule has 2 fully saturated rings. The molecule has 0 atom stereocenters. The molecular weight excluding hydrogens is 288 g/mol. The minimum absolute atomic E-state index is 0.221. The molecule has 0 bridgehead atoms. The third-order valence-corrected chi connectivity index (χ3v) is 5.69. The zero-order valence-electron chi connectivity index (χ0n) is 14.5. The molecule has 0 aromatic heterocycles. The van der Waals surface area contributed by atoms with E-state index < -0.39 is 0 Å².